The van der Waals surface area contributed by atoms with E-state index in [4.69, 9.17) is 0 Å². The summed E-state index contributed by atoms with van der Waals surface area (Å²) in [4.78, 5) is 2.27. The minimum absolute atomic E-state index is 0.622. The number of H-pyrrole nitrogens is 1. The average molecular weight is 297 g/mol. The van der Waals surface area contributed by atoms with Crippen molar-refractivity contribution in [1.29, 1.82) is 0 Å². The number of hydrogen-bond acceptors (Lipinski definition) is 5. The number of benzene rings is 1. The Kier molecular flexibility index (Phi) is 4.24. The van der Waals surface area contributed by atoms with Crippen molar-refractivity contribution in [3.63, 3.8) is 0 Å². The lowest BCUT2D eigenvalue weighted by Gasteiger charge is -2.17. The van der Waals surface area contributed by atoms with Crippen LogP contribution >= 0.6 is 0 Å². The minimum atomic E-state index is 0.622. The number of rotatable bonds is 6. The van der Waals surface area contributed by atoms with Gasteiger partial charge < -0.3 is 4.90 Å². The van der Waals surface area contributed by atoms with Gasteiger partial charge in [-0.3, -0.25) is 4.68 Å². The lowest BCUT2D eigenvalue weighted by molar-refractivity contribution is 0.305. The quantitative estimate of drug-likeness (QED) is 0.746. The van der Waals surface area contributed by atoms with Gasteiger partial charge in [0.2, 0.25) is 5.82 Å². The molecule has 0 aliphatic heterocycles. The highest BCUT2D eigenvalue weighted by atomic mass is 15.5. The van der Waals surface area contributed by atoms with Crippen LogP contribution in [0.25, 0.3) is 11.4 Å². The Hall–Kier alpha value is -2.54. The normalized spacial score (nSPS) is 11.2. The maximum Gasteiger partial charge on any atom is 0.204 e. The molecule has 2 heterocycles. The number of likely N-dealkylation sites (N-methyl/N-ethyl adjacent to an activating group) is 1. The van der Waals surface area contributed by atoms with Crippen LogP contribution in [0.1, 0.15) is 11.3 Å². The van der Waals surface area contributed by atoms with E-state index in [-0.39, 0.29) is 0 Å². The van der Waals surface area contributed by atoms with Crippen LogP contribution in [-0.4, -0.2) is 48.9 Å². The molecule has 3 rings (SSSR count). The Balaban J connectivity index is 1.59. The molecule has 0 aliphatic rings. The van der Waals surface area contributed by atoms with Gasteiger partial charge in [0.15, 0.2) is 0 Å². The number of aryl methyl sites for hydroxylation is 1. The first kappa shape index (κ1) is 14.4. The Morgan fingerprint density at radius 3 is 2.91 bits per heavy atom. The van der Waals surface area contributed by atoms with E-state index >= 15 is 0 Å². The second-order valence-electron chi connectivity index (χ2n) is 5.39. The van der Waals surface area contributed by atoms with Crippen molar-refractivity contribution in [2.24, 2.45) is 0 Å². The van der Waals surface area contributed by atoms with Gasteiger partial charge in [0.1, 0.15) is 0 Å². The van der Waals surface area contributed by atoms with E-state index in [1.807, 2.05) is 36.0 Å². The number of tetrazole rings is 1. The zero-order valence-electron chi connectivity index (χ0n) is 12.8. The highest BCUT2D eigenvalue weighted by Crippen LogP contribution is 2.15. The summed E-state index contributed by atoms with van der Waals surface area (Å²) in [7, 11) is 2.11. The SMILES string of the molecule is Cc1ccn(CCN(C)Cc2cccc(-c3nn[nH]n3)c2)n1. The fraction of sp³-hybridized carbons (Fsp3) is 0.333. The summed E-state index contributed by atoms with van der Waals surface area (Å²) >= 11 is 0. The molecular weight excluding hydrogens is 278 g/mol. The second kappa shape index (κ2) is 6.48. The standard InChI is InChI=1S/C15H19N7/c1-12-6-7-22(18-12)9-8-21(2)11-13-4-3-5-14(10-13)15-16-19-20-17-15/h3-7,10H,8-9,11H2,1-2H3,(H,16,17,19,20). The monoisotopic (exact) mass is 297 g/mol. The summed E-state index contributed by atoms with van der Waals surface area (Å²) in [5.41, 5.74) is 3.25. The van der Waals surface area contributed by atoms with Crippen molar-refractivity contribution in [2.45, 2.75) is 20.0 Å². The van der Waals surface area contributed by atoms with Crippen molar-refractivity contribution in [1.82, 2.24) is 35.3 Å². The van der Waals surface area contributed by atoms with E-state index in [1.54, 1.807) is 0 Å². The van der Waals surface area contributed by atoms with Crippen molar-refractivity contribution in [3.05, 3.63) is 47.8 Å². The van der Waals surface area contributed by atoms with Gasteiger partial charge in [-0.25, -0.2) is 0 Å². The lowest BCUT2D eigenvalue weighted by atomic mass is 10.1. The molecule has 0 radical (unpaired) electrons. The van der Waals surface area contributed by atoms with Gasteiger partial charge in [-0.15, -0.1) is 10.2 Å². The van der Waals surface area contributed by atoms with Gasteiger partial charge in [0, 0.05) is 24.8 Å². The molecule has 0 fully saturated rings. The molecule has 0 unspecified atom stereocenters. The van der Waals surface area contributed by atoms with E-state index < -0.39 is 0 Å². The van der Waals surface area contributed by atoms with Crippen LogP contribution < -0.4 is 0 Å². The zero-order valence-corrected chi connectivity index (χ0v) is 12.8. The smallest absolute Gasteiger partial charge is 0.204 e. The largest absolute Gasteiger partial charge is 0.300 e. The van der Waals surface area contributed by atoms with Gasteiger partial charge in [0.05, 0.1) is 12.2 Å². The predicted octanol–water partition coefficient (Wildman–Crippen LogP) is 1.50. The third kappa shape index (κ3) is 3.56. The highest BCUT2D eigenvalue weighted by molar-refractivity contribution is 5.54. The zero-order chi connectivity index (χ0) is 15.4. The summed E-state index contributed by atoms with van der Waals surface area (Å²) in [5, 5.41) is 18.5. The lowest BCUT2D eigenvalue weighted by Crippen LogP contribution is -2.23. The molecule has 1 aromatic carbocycles. The van der Waals surface area contributed by atoms with Crippen molar-refractivity contribution in [2.75, 3.05) is 13.6 Å². The molecular formula is C15H19N7. The van der Waals surface area contributed by atoms with Crippen LogP contribution in [0.5, 0.6) is 0 Å². The van der Waals surface area contributed by atoms with Gasteiger partial charge in [-0.05, 0) is 36.9 Å². The molecule has 114 valence electrons. The molecule has 2 aromatic heterocycles. The molecule has 0 bridgehead atoms. The summed E-state index contributed by atoms with van der Waals surface area (Å²) in [6.45, 7) is 4.69. The van der Waals surface area contributed by atoms with Crippen LogP contribution in [0.2, 0.25) is 0 Å². The number of nitrogens with one attached hydrogen (secondary N) is 1. The fourth-order valence-corrected chi connectivity index (χ4v) is 2.34. The predicted molar refractivity (Wildman–Crippen MR) is 82.9 cm³/mol. The second-order valence-corrected chi connectivity index (χ2v) is 5.39. The van der Waals surface area contributed by atoms with Crippen LogP contribution in [0.3, 0.4) is 0 Å². The summed E-state index contributed by atoms with van der Waals surface area (Å²) in [5.74, 6) is 0.622. The fourth-order valence-electron chi connectivity index (χ4n) is 2.34. The van der Waals surface area contributed by atoms with Crippen molar-refractivity contribution in [3.8, 4) is 11.4 Å². The minimum Gasteiger partial charge on any atom is -0.300 e. The topological polar surface area (TPSA) is 75.5 Å². The van der Waals surface area contributed by atoms with Gasteiger partial charge in [0.25, 0.3) is 0 Å². The molecule has 7 nitrogen and oxygen atoms in total. The molecule has 22 heavy (non-hydrogen) atoms. The van der Waals surface area contributed by atoms with E-state index in [0.29, 0.717) is 5.82 Å². The van der Waals surface area contributed by atoms with Gasteiger partial charge in [-0.1, -0.05) is 18.2 Å². The molecule has 0 saturated heterocycles. The number of aromatic nitrogens is 6. The summed E-state index contributed by atoms with van der Waals surface area (Å²) in [6.07, 6.45) is 2.01. The van der Waals surface area contributed by atoms with Gasteiger partial charge >= 0.3 is 0 Å². The number of nitrogens with zero attached hydrogens (tertiary/aromatic N) is 6. The van der Waals surface area contributed by atoms with Crippen molar-refractivity contribution < 1.29 is 0 Å². The molecule has 1 N–H and O–H groups in total. The van der Waals surface area contributed by atoms with E-state index in [1.165, 1.54) is 5.56 Å². The Morgan fingerprint density at radius 2 is 2.18 bits per heavy atom. The highest BCUT2D eigenvalue weighted by Gasteiger charge is 2.06. The molecule has 0 atom stereocenters. The number of aromatic amines is 1. The van der Waals surface area contributed by atoms with E-state index in [9.17, 15) is 0 Å². The Morgan fingerprint density at radius 1 is 1.27 bits per heavy atom. The van der Waals surface area contributed by atoms with Crippen LogP contribution in [0.4, 0.5) is 0 Å². The van der Waals surface area contributed by atoms with Crippen LogP contribution in [0.15, 0.2) is 36.5 Å². The van der Waals surface area contributed by atoms with E-state index in [2.05, 4.69) is 49.8 Å². The third-order valence-electron chi connectivity index (χ3n) is 3.47. The first-order valence-electron chi connectivity index (χ1n) is 7.22. The van der Waals surface area contributed by atoms with Crippen LogP contribution in [0, 0.1) is 6.92 Å². The molecule has 0 amide bonds. The number of hydrogen-bond donors (Lipinski definition) is 1. The Labute approximate surface area is 129 Å². The Bertz CT molecular complexity index is 717. The summed E-state index contributed by atoms with van der Waals surface area (Å²) < 4.78 is 1.97. The third-order valence-corrected chi connectivity index (χ3v) is 3.47. The first-order chi connectivity index (χ1) is 10.7. The maximum atomic E-state index is 4.40. The summed E-state index contributed by atoms with van der Waals surface area (Å²) in [6, 6.07) is 10.2. The molecule has 0 spiro atoms. The average Bonchev–Trinajstić information content (AvgIpc) is 3.17. The van der Waals surface area contributed by atoms with Crippen LogP contribution in [-0.2, 0) is 13.1 Å². The first-order valence-corrected chi connectivity index (χ1v) is 7.22. The van der Waals surface area contributed by atoms with Gasteiger partial charge in [-0.2, -0.15) is 10.3 Å². The van der Waals surface area contributed by atoms with E-state index in [0.717, 1.165) is 30.9 Å². The molecule has 3 aromatic rings. The maximum absolute atomic E-state index is 4.40. The van der Waals surface area contributed by atoms with Crippen molar-refractivity contribution >= 4 is 0 Å². The molecule has 7 heteroatoms. The molecule has 0 saturated carbocycles. The molecule has 0 aliphatic carbocycles.